The van der Waals surface area contributed by atoms with Crippen LogP contribution in [0.2, 0.25) is 0 Å². The van der Waals surface area contributed by atoms with Gasteiger partial charge in [0.15, 0.2) is 27.9 Å². The molecule has 0 saturated carbocycles. The third-order valence-corrected chi connectivity index (χ3v) is 7.20. The lowest BCUT2D eigenvalue weighted by molar-refractivity contribution is -0.168. The van der Waals surface area contributed by atoms with Crippen LogP contribution in [-0.4, -0.2) is 30.8 Å². The van der Waals surface area contributed by atoms with Gasteiger partial charge in [0.25, 0.3) is 0 Å². The Balaban J connectivity index is 1.59. The van der Waals surface area contributed by atoms with Gasteiger partial charge in [0.2, 0.25) is 0 Å². The van der Waals surface area contributed by atoms with Crippen molar-refractivity contribution in [2.45, 2.75) is 47.5 Å². The van der Waals surface area contributed by atoms with E-state index in [9.17, 15) is 9.59 Å². The Morgan fingerprint density at radius 1 is 0.727 bits per heavy atom. The minimum Gasteiger partial charge on any atom is -0.482 e. The molecule has 5 nitrogen and oxygen atoms in total. The van der Waals surface area contributed by atoms with E-state index in [0.29, 0.717) is 12.2 Å². The zero-order valence-corrected chi connectivity index (χ0v) is 20.0. The topological polar surface area (TPSA) is 61.8 Å². The molecular weight excluding hydrogens is 436 g/mol. The van der Waals surface area contributed by atoms with E-state index in [0.717, 1.165) is 4.90 Å². The summed E-state index contributed by atoms with van der Waals surface area (Å²) >= 11 is 0. The molecule has 0 aliphatic heterocycles. The summed E-state index contributed by atoms with van der Waals surface area (Å²) in [5.74, 6) is -0.651. The first kappa shape index (κ1) is 24.4. The third kappa shape index (κ3) is 7.39. The van der Waals surface area contributed by atoms with Gasteiger partial charge in [-0.25, -0.2) is 9.59 Å². The van der Waals surface area contributed by atoms with E-state index >= 15 is 0 Å². The van der Waals surface area contributed by atoms with Gasteiger partial charge >= 0.3 is 11.9 Å². The van der Waals surface area contributed by atoms with Crippen molar-refractivity contribution in [3.8, 4) is 5.75 Å². The second-order valence-corrected chi connectivity index (χ2v) is 9.97. The maximum absolute atomic E-state index is 11.9. The van der Waals surface area contributed by atoms with Gasteiger partial charge in [0, 0.05) is 0 Å². The SMILES string of the molecule is CCC(C)(C)OC(=O)COC(=O)COc1ccc([S+](c2ccccc2)c2ccccc2)cc1. The molecule has 0 radical (unpaired) electrons. The predicted octanol–water partition coefficient (Wildman–Crippen LogP) is 5.44. The summed E-state index contributed by atoms with van der Waals surface area (Å²) in [5.41, 5.74) is -0.584. The van der Waals surface area contributed by atoms with Gasteiger partial charge in [0.05, 0.1) is 10.9 Å². The molecule has 6 heteroatoms. The number of carbonyl (C=O) groups excluding carboxylic acids is 2. The Hall–Kier alpha value is -3.25. The van der Waals surface area contributed by atoms with Gasteiger partial charge in [-0.1, -0.05) is 43.3 Å². The molecule has 0 spiro atoms. The summed E-state index contributed by atoms with van der Waals surface area (Å²) < 4.78 is 15.8. The first-order chi connectivity index (χ1) is 15.9. The van der Waals surface area contributed by atoms with Crippen molar-refractivity contribution in [2.24, 2.45) is 0 Å². The van der Waals surface area contributed by atoms with Crippen LogP contribution in [0, 0.1) is 0 Å². The summed E-state index contributed by atoms with van der Waals surface area (Å²) in [7, 11) is -0.252. The molecule has 0 amide bonds. The largest absolute Gasteiger partial charge is 0.482 e. The normalized spacial score (nSPS) is 11.2. The van der Waals surface area contributed by atoms with Gasteiger partial charge < -0.3 is 14.2 Å². The third-order valence-electron chi connectivity index (χ3n) is 4.97. The lowest BCUT2D eigenvalue weighted by atomic mass is 10.1. The Labute approximate surface area is 198 Å². The molecule has 0 aliphatic rings. The van der Waals surface area contributed by atoms with Crippen molar-refractivity contribution in [1.29, 1.82) is 0 Å². The van der Waals surface area contributed by atoms with E-state index < -0.39 is 24.1 Å². The van der Waals surface area contributed by atoms with Crippen molar-refractivity contribution in [1.82, 2.24) is 0 Å². The van der Waals surface area contributed by atoms with Crippen molar-refractivity contribution < 1.29 is 23.8 Å². The van der Waals surface area contributed by atoms with Gasteiger partial charge in [-0.15, -0.1) is 0 Å². The maximum atomic E-state index is 11.9. The number of esters is 2. The number of carbonyl (C=O) groups is 2. The molecule has 0 N–H and O–H groups in total. The molecule has 0 unspecified atom stereocenters. The van der Waals surface area contributed by atoms with Gasteiger partial charge in [0.1, 0.15) is 11.4 Å². The molecule has 3 rings (SSSR count). The molecule has 33 heavy (non-hydrogen) atoms. The van der Waals surface area contributed by atoms with Crippen LogP contribution in [0.4, 0.5) is 0 Å². The summed E-state index contributed by atoms with van der Waals surface area (Å²) in [4.78, 5) is 27.3. The van der Waals surface area contributed by atoms with Crippen molar-refractivity contribution >= 4 is 22.8 Å². The second kappa shape index (κ2) is 11.6. The number of hydrogen-bond donors (Lipinski definition) is 0. The van der Waals surface area contributed by atoms with Crippen LogP contribution in [0.25, 0.3) is 0 Å². The number of benzene rings is 3. The predicted molar refractivity (Wildman–Crippen MR) is 128 cm³/mol. The van der Waals surface area contributed by atoms with Crippen LogP contribution in [0.5, 0.6) is 5.75 Å². The van der Waals surface area contributed by atoms with Crippen molar-refractivity contribution in [2.75, 3.05) is 13.2 Å². The fraction of sp³-hybridized carbons (Fsp3) is 0.259. The van der Waals surface area contributed by atoms with Gasteiger partial charge in [-0.2, -0.15) is 0 Å². The Bertz CT molecular complexity index is 994. The number of hydrogen-bond acceptors (Lipinski definition) is 5. The van der Waals surface area contributed by atoms with E-state index in [1.165, 1.54) is 9.79 Å². The van der Waals surface area contributed by atoms with E-state index in [1.54, 1.807) is 13.8 Å². The fourth-order valence-electron chi connectivity index (χ4n) is 2.93. The molecule has 3 aromatic carbocycles. The van der Waals surface area contributed by atoms with E-state index in [2.05, 4.69) is 24.3 Å². The lowest BCUT2D eigenvalue weighted by Crippen LogP contribution is -2.30. The average Bonchev–Trinajstić information content (AvgIpc) is 2.83. The highest BCUT2D eigenvalue weighted by Gasteiger charge is 2.28. The average molecular weight is 466 g/mol. The first-order valence-electron chi connectivity index (χ1n) is 10.8. The Morgan fingerprint density at radius 2 is 1.24 bits per heavy atom. The van der Waals surface area contributed by atoms with E-state index in [4.69, 9.17) is 14.2 Å². The fourth-order valence-corrected chi connectivity index (χ4v) is 5.01. The van der Waals surface area contributed by atoms with Gasteiger partial charge in [-0.05, 0) is 68.8 Å². The summed E-state index contributed by atoms with van der Waals surface area (Å²) in [6.07, 6.45) is 0.668. The van der Waals surface area contributed by atoms with Crippen molar-refractivity contribution in [3.63, 3.8) is 0 Å². The monoisotopic (exact) mass is 465 g/mol. The molecular formula is C27H29O5S+. The van der Waals surface area contributed by atoms with Gasteiger partial charge in [-0.3, -0.25) is 0 Å². The van der Waals surface area contributed by atoms with Crippen LogP contribution < -0.4 is 4.74 Å². The standard InChI is InChI=1S/C27H29O5S/c1-4-27(2,3)32-26(29)20-31-25(28)19-30-21-15-17-24(18-16-21)33(22-11-7-5-8-12-22)23-13-9-6-10-14-23/h5-18H,4,19-20H2,1-3H3/q+1. The molecule has 0 atom stereocenters. The highest BCUT2D eigenvalue weighted by atomic mass is 32.2. The number of ether oxygens (including phenoxy) is 3. The summed E-state index contributed by atoms with van der Waals surface area (Å²) in [5, 5.41) is 0. The first-order valence-corrected chi connectivity index (χ1v) is 12.0. The molecule has 0 aromatic heterocycles. The maximum Gasteiger partial charge on any atom is 0.344 e. The molecule has 0 heterocycles. The van der Waals surface area contributed by atoms with Crippen molar-refractivity contribution in [3.05, 3.63) is 84.9 Å². The highest BCUT2D eigenvalue weighted by molar-refractivity contribution is 7.97. The smallest absolute Gasteiger partial charge is 0.344 e. The molecule has 0 aliphatic carbocycles. The lowest BCUT2D eigenvalue weighted by Gasteiger charge is -2.23. The van der Waals surface area contributed by atoms with Crippen LogP contribution in [0.1, 0.15) is 27.2 Å². The summed E-state index contributed by atoms with van der Waals surface area (Å²) in [6.45, 7) is 4.82. The van der Waals surface area contributed by atoms with E-state index in [1.807, 2.05) is 67.6 Å². The summed E-state index contributed by atoms with van der Waals surface area (Å²) in [6, 6.07) is 28.4. The van der Waals surface area contributed by atoms with Crippen LogP contribution >= 0.6 is 0 Å². The Kier molecular flexibility index (Phi) is 8.55. The van der Waals surface area contributed by atoms with Crippen LogP contribution in [0.3, 0.4) is 0 Å². The molecule has 0 fully saturated rings. The zero-order chi connectivity index (χ0) is 23.7. The highest BCUT2D eigenvalue weighted by Crippen LogP contribution is 2.31. The second-order valence-electron chi connectivity index (χ2n) is 7.94. The quantitative estimate of drug-likeness (QED) is 0.295. The molecule has 3 aromatic rings. The minimum absolute atomic E-state index is 0.252. The Morgan fingerprint density at radius 3 is 1.76 bits per heavy atom. The minimum atomic E-state index is -0.626. The zero-order valence-electron chi connectivity index (χ0n) is 19.2. The molecule has 0 saturated heterocycles. The molecule has 0 bridgehead atoms. The van der Waals surface area contributed by atoms with E-state index in [-0.39, 0.29) is 17.5 Å². The van der Waals surface area contributed by atoms with Crippen LogP contribution in [0.15, 0.2) is 99.6 Å². The number of rotatable bonds is 10. The van der Waals surface area contributed by atoms with Crippen LogP contribution in [-0.2, 0) is 30.0 Å². The molecule has 172 valence electrons.